The van der Waals surface area contributed by atoms with Gasteiger partial charge in [0.15, 0.2) is 6.61 Å². The van der Waals surface area contributed by atoms with E-state index in [1.807, 2.05) is 0 Å². The van der Waals surface area contributed by atoms with E-state index in [4.69, 9.17) is 9.47 Å². The number of ether oxygens (including phenoxy) is 2. The summed E-state index contributed by atoms with van der Waals surface area (Å²) in [7, 11) is -3.50. The van der Waals surface area contributed by atoms with Gasteiger partial charge < -0.3 is 14.8 Å². The highest BCUT2D eigenvalue weighted by Gasteiger charge is 2.24. The summed E-state index contributed by atoms with van der Waals surface area (Å²) in [5, 5.41) is 2.58. The molecule has 0 bridgehead atoms. The van der Waals surface area contributed by atoms with Crippen LogP contribution in [0.1, 0.15) is 57.4 Å². The number of carbonyl (C=O) groups is 3. The van der Waals surface area contributed by atoms with E-state index < -0.39 is 21.9 Å². The minimum Gasteiger partial charge on any atom is -0.466 e. The smallest absolute Gasteiger partial charge is 0.306 e. The van der Waals surface area contributed by atoms with Gasteiger partial charge in [-0.25, -0.2) is 8.42 Å². The lowest BCUT2D eigenvalue weighted by atomic mass is 10.1. The summed E-state index contributed by atoms with van der Waals surface area (Å²) >= 11 is 0. The van der Waals surface area contributed by atoms with Gasteiger partial charge in [0.1, 0.15) is 0 Å². The third-order valence-corrected chi connectivity index (χ3v) is 7.21. The second-order valence-electron chi connectivity index (χ2n) is 7.88. The average molecular weight is 483 g/mol. The van der Waals surface area contributed by atoms with E-state index in [2.05, 4.69) is 5.32 Å². The van der Waals surface area contributed by atoms with Crippen molar-refractivity contribution in [1.82, 2.24) is 9.62 Å². The zero-order chi connectivity index (χ0) is 24.1. The second-order valence-corrected chi connectivity index (χ2v) is 9.82. The van der Waals surface area contributed by atoms with Crippen LogP contribution in [0.15, 0.2) is 29.2 Å². The summed E-state index contributed by atoms with van der Waals surface area (Å²) in [5.41, 5.74) is 0.810. The molecular formula is C23H34N2O7S. The lowest BCUT2D eigenvalue weighted by Gasteiger charge is -2.20. The van der Waals surface area contributed by atoms with E-state index in [9.17, 15) is 22.8 Å². The Balaban J connectivity index is 1.69. The van der Waals surface area contributed by atoms with Crippen LogP contribution in [0.5, 0.6) is 0 Å². The zero-order valence-corrected chi connectivity index (χ0v) is 20.0. The fourth-order valence-electron chi connectivity index (χ4n) is 3.47. The van der Waals surface area contributed by atoms with Crippen LogP contribution >= 0.6 is 0 Å². The van der Waals surface area contributed by atoms with Crippen molar-refractivity contribution in [3.8, 4) is 0 Å². The molecule has 0 radical (unpaired) electrons. The molecule has 1 N–H and O–H groups in total. The van der Waals surface area contributed by atoms with Crippen molar-refractivity contribution < 1.29 is 32.3 Å². The van der Waals surface area contributed by atoms with E-state index in [0.29, 0.717) is 39.1 Å². The van der Waals surface area contributed by atoms with E-state index >= 15 is 0 Å². The predicted molar refractivity (Wildman–Crippen MR) is 122 cm³/mol. The van der Waals surface area contributed by atoms with Crippen LogP contribution in [0.2, 0.25) is 0 Å². The molecule has 10 heteroatoms. The molecule has 1 saturated heterocycles. The Morgan fingerprint density at radius 2 is 1.58 bits per heavy atom. The highest BCUT2D eigenvalue weighted by Crippen LogP contribution is 2.21. The summed E-state index contributed by atoms with van der Waals surface area (Å²) in [5.74, 6) is -1.26. The molecule has 1 amide bonds. The Bertz CT molecular complexity index is 877. The summed E-state index contributed by atoms with van der Waals surface area (Å²) in [6, 6.07) is 6.55. The average Bonchev–Trinajstić information content (AvgIpc) is 3.10. The summed E-state index contributed by atoms with van der Waals surface area (Å²) in [6.45, 7) is 3.06. The molecule has 33 heavy (non-hydrogen) atoms. The fraction of sp³-hybridized carbons (Fsp3) is 0.609. The van der Waals surface area contributed by atoms with Crippen LogP contribution in [0.3, 0.4) is 0 Å². The maximum atomic E-state index is 12.8. The number of amides is 1. The van der Waals surface area contributed by atoms with E-state index in [1.165, 1.54) is 0 Å². The Labute approximate surface area is 195 Å². The first-order valence-electron chi connectivity index (χ1n) is 11.5. The molecule has 9 nitrogen and oxygen atoms in total. The molecule has 1 heterocycles. The van der Waals surface area contributed by atoms with Crippen LogP contribution in [0.25, 0.3) is 0 Å². The number of hydrogen-bond acceptors (Lipinski definition) is 7. The minimum atomic E-state index is -3.50. The number of benzene rings is 1. The summed E-state index contributed by atoms with van der Waals surface area (Å²) < 4.78 is 36.9. The van der Waals surface area contributed by atoms with Crippen molar-refractivity contribution in [2.45, 2.75) is 63.2 Å². The Morgan fingerprint density at radius 3 is 2.21 bits per heavy atom. The van der Waals surface area contributed by atoms with Crippen molar-refractivity contribution in [2.24, 2.45) is 0 Å². The van der Waals surface area contributed by atoms with Crippen molar-refractivity contribution in [2.75, 3.05) is 32.8 Å². The first kappa shape index (κ1) is 26.8. The van der Waals surface area contributed by atoms with Gasteiger partial charge in [-0.15, -0.1) is 0 Å². The molecule has 1 aromatic carbocycles. The second kappa shape index (κ2) is 13.9. The van der Waals surface area contributed by atoms with Gasteiger partial charge in [-0.05, 0) is 50.3 Å². The van der Waals surface area contributed by atoms with Gasteiger partial charge in [0.05, 0.1) is 11.5 Å². The number of sulfonamides is 1. The standard InChI is InChI=1S/C23H34N2O7S/c1-2-31-22(27)8-7-15-24-21(26)18-32-23(28)14-11-19-9-12-20(13-10-19)33(29,30)25-16-5-3-4-6-17-25/h9-10,12-13H,2-8,11,14-18H2,1H3,(H,24,26). The SMILES string of the molecule is CCOC(=O)CCCNC(=O)COC(=O)CCc1ccc(S(=O)(=O)N2CCCCCC2)cc1. The molecule has 1 aromatic rings. The molecular weight excluding hydrogens is 448 g/mol. The summed E-state index contributed by atoms with van der Waals surface area (Å²) in [4.78, 5) is 35.1. The Kier molecular flexibility index (Phi) is 11.3. The number of hydrogen-bond donors (Lipinski definition) is 1. The molecule has 184 valence electrons. The summed E-state index contributed by atoms with van der Waals surface area (Å²) in [6.07, 6.45) is 4.99. The molecule has 2 rings (SSSR count). The molecule has 1 fully saturated rings. The first-order valence-corrected chi connectivity index (χ1v) is 12.9. The van der Waals surface area contributed by atoms with Crippen LogP contribution in [0.4, 0.5) is 0 Å². The molecule has 0 unspecified atom stereocenters. The van der Waals surface area contributed by atoms with Crippen molar-refractivity contribution in [3.63, 3.8) is 0 Å². The predicted octanol–water partition coefficient (Wildman–Crippen LogP) is 2.19. The first-order chi connectivity index (χ1) is 15.8. The van der Waals surface area contributed by atoms with E-state index in [1.54, 1.807) is 35.5 Å². The normalized spacial score (nSPS) is 14.8. The van der Waals surface area contributed by atoms with Gasteiger partial charge in [0.2, 0.25) is 10.0 Å². The molecule has 1 aliphatic rings. The zero-order valence-electron chi connectivity index (χ0n) is 19.2. The van der Waals surface area contributed by atoms with Crippen molar-refractivity contribution in [1.29, 1.82) is 0 Å². The highest BCUT2D eigenvalue weighted by atomic mass is 32.2. The van der Waals surface area contributed by atoms with E-state index in [-0.39, 0.29) is 30.3 Å². The van der Waals surface area contributed by atoms with Gasteiger partial charge >= 0.3 is 11.9 Å². The van der Waals surface area contributed by atoms with Gasteiger partial charge in [-0.1, -0.05) is 25.0 Å². The number of nitrogens with zero attached hydrogens (tertiary/aromatic N) is 1. The Morgan fingerprint density at radius 1 is 0.939 bits per heavy atom. The fourth-order valence-corrected chi connectivity index (χ4v) is 4.99. The molecule has 0 spiro atoms. The molecule has 0 aromatic heterocycles. The van der Waals surface area contributed by atoms with Crippen molar-refractivity contribution in [3.05, 3.63) is 29.8 Å². The number of nitrogens with one attached hydrogen (secondary N) is 1. The minimum absolute atomic E-state index is 0.0777. The lowest BCUT2D eigenvalue weighted by Crippen LogP contribution is -2.31. The van der Waals surface area contributed by atoms with Crippen LogP contribution in [-0.4, -0.2) is 63.4 Å². The maximum Gasteiger partial charge on any atom is 0.306 e. The quantitative estimate of drug-likeness (QED) is 0.358. The number of carbonyl (C=O) groups excluding carboxylic acids is 3. The van der Waals surface area contributed by atoms with Crippen LogP contribution < -0.4 is 5.32 Å². The van der Waals surface area contributed by atoms with Crippen LogP contribution in [0, 0.1) is 0 Å². The van der Waals surface area contributed by atoms with Crippen molar-refractivity contribution >= 4 is 27.9 Å². The molecule has 1 aliphatic heterocycles. The molecule has 0 aliphatic carbocycles. The lowest BCUT2D eigenvalue weighted by molar-refractivity contribution is -0.148. The van der Waals surface area contributed by atoms with Gasteiger partial charge in [0, 0.05) is 32.5 Å². The van der Waals surface area contributed by atoms with Gasteiger partial charge in [0.25, 0.3) is 5.91 Å². The number of aryl methyl sites for hydroxylation is 1. The number of rotatable bonds is 12. The Hall–Kier alpha value is -2.46. The third-order valence-electron chi connectivity index (χ3n) is 5.29. The molecule has 0 saturated carbocycles. The van der Waals surface area contributed by atoms with Gasteiger partial charge in [-0.3, -0.25) is 14.4 Å². The maximum absolute atomic E-state index is 12.8. The topological polar surface area (TPSA) is 119 Å². The van der Waals surface area contributed by atoms with E-state index in [0.717, 1.165) is 31.2 Å². The monoisotopic (exact) mass is 482 g/mol. The highest BCUT2D eigenvalue weighted by molar-refractivity contribution is 7.89. The third kappa shape index (κ3) is 9.51. The van der Waals surface area contributed by atoms with Crippen LogP contribution in [-0.2, 0) is 40.3 Å². The number of esters is 2. The van der Waals surface area contributed by atoms with Gasteiger partial charge in [-0.2, -0.15) is 4.31 Å². The molecule has 0 atom stereocenters. The largest absolute Gasteiger partial charge is 0.466 e.